The number of carbonyl (C=O) groups excluding carboxylic acids is 1. The van der Waals surface area contributed by atoms with Gasteiger partial charge in [-0.05, 0) is 31.2 Å². The average Bonchev–Trinajstić information content (AvgIpc) is 3.19. The van der Waals surface area contributed by atoms with Crippen molar-refractivity contribution in [3.8, 4) is 17.1 Å². The fourth-order valence-electron chi connectivity index (χ4n) is 2.94. The summed E-state index contributed by atoms with van der Waals surface area (Å²) < 4.78 is 25.1. The molecule has 7 nitrogen and oxygen atoms in total. The molecule has 0 unspecified atom stereocenters. The third-order valence-electron chi connectivity index (χ3n) is 4.26. The van der Waals surface area contributed by atoms with E-state index < -0.39 is 11.8 Å². The fraction of sp³-hybridized carbons (Fsp3) is 0.200. The Morgan fingerprint density at radius 2 is 2.21 bits per heavy atom. The summed E-state index contributed by atoms with van der Waals surface area (Å²) in [6.45, 7) is 2.39. The normalized spacial score (nSPS) is 12.2. The van der Waals surface area contributed by atoms with Crippen LogP contribution in [-0.2, 0) is 11.2 Å². The lowest BCUT2D eigenvalue weighted by atomic mass is 10.2. The van der Waals surface area contributed by atoms with Gasteiger partial charge < -0.3 is 14.8 Å². The van der Waals surface area contributed by atoms with E-state index in [0.717, 1.165) is 0 Å². The number of anilines is 2. The van der Waals surface area contributed by atoms with E-state index in [9.17, 15) is 9.18 Å². The first-order valence-electron chi connectivity index (χ1n) is 8.94. The molecule has 1 N–H and O–H groups in total. The van der Waals surface area contributed by atoms with Gasteiger partial charge in [-0.1, -0.05) is 11.6 Å². The first-order chi connectivity index (χ1) is 14.1. The van der Waals surface area contributed by atoms with Crippen molar-refractivity contribution in [1.29, 1.82) is 0 Å². The van der Waals surface area contributed by atoms with Crippen LogP contribution in [-0.4, -0.2) is 34.1 Å². The lowest BCUT2D eigenvalue weighted by Crippen LogP contribution is -2.10. The van der Waals surface area contributed by atoms with Gasteiger partial charge in [0.2, 0.25) is 0 Å². The van der Waals surface area contributed by atoms with Crippen LogP contribution < -0.4 is 10.1 Å². The van der Waals surface area contributed by atoms with Gasteiger partial charge in [0, 0.05) is 23.8 Å². The van der Waals surface area contributed by atoms with Crippen LogP contribution in [0.5, 0.6) is 5.75 Å². The van der Waals surface area contributed by atoms with Gasteiger partial charge in [0.15, 0.2) is 17.4 Å². The molecule has 4 rings (SSSR count). The molecular weight excluding hydrogens is 399 g/mol. The van der Waals surface area contributed by atoms with E-state index in [0.29, 0.717) is 41.0 Å². The van der Waals surface area contributed by atoms with Gasteiger partial charge in [-0.2, -0.15) is 0 Å². The van der Waals surface area contributed by atoms with Crippen LogP contribution in [0.15, 0.2) is 36.7 Å². The van der Waals surface area contributed by atoms with Crippen LogP contribution in [0.25, 0.3) is 11.4 Å². The fourth-order valence-corrected chi connectivity index (χ4v) is 3.12. The number of rotatable bonds is 5. The Labute approximate surface area is 170 Å². The highest BCUT2D eigenvalue weighted by molar-refractivity contribution is 6.30. The molecule has 0 amide bonds. The largest absolute Gasteiger partial charge is 0.487 e. The van der Waals surface area contributed by atoms with Crippen LogP contribution in [0.4, 0.5) is 15.9 Å². The second kappa shape index (κ2) is 8.00. The van der Waals surface area contributed by atoms with E-state index >= 15 is 0 Å². The van der Waals surface area contributed by atoms with Crippen LogP contribution >= 0.6 is 11.6 Å². The number of benzene rings is 1. The van der Waals surface area contributed by atoms with Crippen molar-refractivity contribution >= 4 is 29.1 Å². The van der Waals surface area contributed by atoms with Crippen LogP contribution in [0, 0.1) is 5.82 Å². The molecule has 9 heteroatoms. The van der Waals surface area contributed by atoms with E-state index in [1.54, 1.807) is 13.0 Å². The Bertz CT molecular complexity index is 1090. The molecule has 3 aromatic rings. The third kappa shape index (κ3) is 3.84. The smallest absolute Gasteiger partial charge is 0.341 e. The predicted octanol–water partition coefficient (Wildman–Crippen LogP) is 4.19. The maximum absolute atomic E-state index is 14.4. The summed E-state index contributed by atoms with van der Waals surface area (Å²) in [5, 5.41) is 3.45. The van der Waals surface area contributed by atoms with E-state index in [1.807, 2.05) is 0 Å². The zero-order chi connectivity index (χ0) is 20.4. The van der Waals surface area contributed by atoms with Crippen molar-refractivity contribution in [3.05, 3.63) is 58.8 Å². The van der Waals surface area contributed by atoms with Crippen molar-refractivity contribution < 1.29 is 18.7 Å². The number of fused-ring (bicyclic) bond motifs is 1. The molecule has 148 valence electrons. The van der Waals surface area contributed by atoms with E-state index in [1.165, 1.54) is 30.6 Å². The van der Waals surface area contributed by atoms with Gasteiger partial charge in [0.25, 0.3) is 0 Å². The summed E-state index contributed by atoms with van der Waals surface area (Å²) in [4.78, 5) is 25.1. The maximum atomic E-state index is 14.4. The summed E-state index contributed by atoms with van der Waals surface area (Å²) in [6.07, 6.45) is 3.49. The highest BCUT2D eigenvalue weighted by Crippen LogP contribution is 2.36. The van der Waals surface area contributed by atoms with Crippen molar-refractivity contribution in [2.45, 2.75) is 13.3 Å². The van der Waals surface area contributed by atoms with E-state index in [-0.39, 0.29) is 23.6 Å². The number of carbonyl (C=O) groups is 1. The van der Waals surface area contributed by atoms with Gasteiger partial charge in [-0.3, -0.25) is 4.98 Å². The SMILES string of the molecule is CCOC(=O)c1cnccc1Nc1nc(-c2cc(Cl)ccc2F)nc2c1OCC2. The number of nitrogens with zero attached hydrogens (tertiary/aromatic N) is 3. The Morgan fingerprint density at radius 1 is 1.34 bits per heavy atom. The molecule has 1 aliphatic rings. The molecule has 29 heavy (non-hydrogen) atoms. The highest BCUT2D eigenvalue weighted by atomic mass is 35.5. The molecule has 0 aliphatic carbocycles. The highest BCUT2D eigenvalue weighted by Gasteiger charge is 2.24. The third-order valence-corrected chi connectivity index (χ3v) is 4.49. The summed E-state index contributed by atoms with van der Waals surface area (Å²) in [5.41, 5.74) is 1.50. The van der Waals surface area contributed by atoms with Crippen molar-refractivity contribution in [1.82, 2.24) is 15.0 Å². The molecule has 0 saturated carbocycles. The summed E-state index contributed by atoms with van der Waals surface area (Å²) >= 11 is 6.02. The number of nitrogens with one attached hydrogen (secondary N) is 1. The number of esters is 1. The quantitative estimate of drug-likeness (QED) is 0.626. The van der Waals surface area contributed by atoms with Gasteiger partial charge in [-0.15, -0.1) is 0 Å². The average molecular weight is 415 g/mol. The summed E-state index contributed by atoms with van der Waals surface area (Å²) in [5.74, 6) is -0.0592. The van der Waals surface area contributed by atoms with Crippen LogP contribution in [0.3, 0.4) is 0 Å². The van der Waals surface area contributed by atoms with Crippen molar-refractivity contribution in [2.24, 2.45) is 0 Å². The van der Waals surface area contributed by atoms with Crippen molar-refractivity contribution in [2.75, 3.05) is 18.5 Å². The maximum Gasteiger partial charge on any atom is 0.341 e. The standard InChI is InChI=1S/C20H16ClFN4O3/c1-2-28-20(27)13-10-23-7-5-15(13)24-19-17-16(6-8-29-17)25-18(26-19)12-9-11(21)3-4-14(12)22/h3-5,7,9-10H,2,6,8H2,1H3,(H,23,24,25,26). The number of ether oxygens (including phenoxy) is 2. The van der Waals surface area contributed by atoms with E-state index in [2.05, 4.69) is 20.3 Å². The molecule has 0 saturated heterocycles. The minimum Gasteiger partial charge on any atom is -0.487 e. The van der Waals surface area contributed by atoms with Crippen LogP contribution in [0.2, 0.25) is 5.02 Å². The van der Waals surface area contributed by atoms with Gasteiger partial charge in [-0.25, -0.2) is 19.2 Å². The number of aromatic nitrogens is 3. The summed E-state index contributed by atoms with van der Waals surface area (Å²) in [6, 6.07) is 5.81. The lowest BCUT2D eigenvalue weighted by molar-refractivity contribution is 0.0527. The Hall–Kier alpha value is -3.26. The number of halogens is 2. The molecule has 0 bridgehead atoms. The summed E-state index contributed by atoms with van der Waals surface area (Å²) in [7, 11) is 0. The minimum absolute atomic E-state index is 0.170. The van der Waals surface area contributed by atoms with Gasteiger partial charge >= 0.3 is 5.97 Å². The molecular formula is C20H16ClFN4O3. The second-order valence-corrected chi connectivity index (χ2v) is 6.60. The van der Waals surface area contributed by atoms with Gasteiger partial charge in [0.1, 0.15) is 11.4 Å². The number of hydrogen-bond donors (Lipinski definition) is 1. The Kier molecular flexibility index (Phi) is 5.26. The second-order valence-electron chi connectivity index (χ2n) is 6.16. The Balaban J connectivity index is 1.79. The molecule has 3 heterocycles. The minimum atomic E-state index is -0.518. The molecule has 0 atom stereocenters. The Morgan fingerprint density at radius 3 is 3.03 bits per heavy atom. The number of hydrogen-bond acceptors (Lipinski definition) is 7. The molecule has 0 radical (unpaired) electrons. The monoisotopic (exact) mass is 414 g/mol. The number of pyridine rings is 1. The topological polar surface area (TPSA) is 86.2 Å². The van der Waals surface area contributed by atoms with Crippen LogP contribution in [0.1, 0.15) is 23.0 Å². The molecule has 1 aliphatic heterocycles. The lowest BCUT2D eigenvalue weighted by Gasteiger charge is -2.14. The molecule has 0 fully saturated rings. The first-order valence-corrected chi connectivity index (χ1v) is 9.32. The van der Waals surface area contributed by atoms with Gasteiger partial charge in [0.05, 0.1) is 30.2 Å². The zero-order valence-electron chi connectivity index (χ0n) is 15.4. The zero-order valence-corrected chi connectivity index (χ0v) is 16.2. The molecule has 2 aromatic heterocycles. The molecule has 0 spiro atoms. The molecule has 1 aromatic carbocycles. The van der Waals surface area contributed by atoms with E-state index in [4.69, 9.17) is 21.1 Å². The van der Waals surface area contributed by atoms with Crippen molar-refractivity contribution in [3.63, 3.8) is 0 Å². The first kappa shape index (κ1) is 19.1. The predicted molar refractivity (Wildman–Crippen MR) is 105 cm³/mol.